The molecule has 0 saturated carbocycles. The molecule has 4 nitrogen and oxygen atoms in total. The normalized spacial score (nSPS) is 10.0. The molecule has 0 spiro atoms. The minimum Gasteiger partial charge on any atom is -0.298 e. The summed E-state index contributed by atoms with van der Waals surface area (Å²) < 4.78 is 1.18. The molecule has 1 rings (SSSR count). The van der Waals surface area contributed by atoms with Crippen LogP contribution in [0.4, 0.5) is 0 Å². The standard InChI is InChI=1S/C9H12N2O2/c1-3-8(12)6-11-9(13)4-7(2)5-10-11/h4-5H,3,6H2,1-2H3. The number of rotatable bonds is 3. The molecule has 1 heterocycles. The van der Waals surface area contributed by atoms with Gasteiger partial charge in [-0.3, -0.25) is 9.59 Å². The fourth-order valence-electron chi connectivity index (χ4n) is 0.922. The van der Waals surface area contributed by atoms with Crippen LogP contribution in [0.1, 0.15) is 18.9 Å². The van der Waals surface area contributed by atoms with Gasteiger partial charge in [-0.15, -0.1) is 0 Å². The average molecular weight is 180 g/mol. The molecule has 0 N–H and O–H groups in total. The van der Waals surface area contributed by atoms with Crippen LogP contribution in [0.3, 0.4) is 0 Å². The Balaban J connectivity index is 2.90. The number of hydrogen-bond acceptors (Lipinski definition) is 3. The van der Waals surface area contributed by atoms with E-state index in [2.05, 4.69) is 5.10 Å². The molecule has 4 heteroatoms. The van der Waals surface area contributed by atoms with Crippen molar-refractivity contribution in [3.63, 3.8) is 0 Å². The fourth-order valence-corrected chi connectivity index (χ4v) is 0.922. The van der Waals surface area contributed by atoms with Gasteiger partial charge in [0.2, 0.25) is 0 Å². The lowest BCUT2D eigenvalue weighted by molar-refractivity contribution is -0.119. The van der Waals surface area contributed by atoms with Crippen molar-refractivity contribution in [2.45, 2.75) is 26.8 Å². The fraction of sp³-hybridized carbons (Fsp3) is 0.444. The van der Waals surface area contributed by atoms with Gasteiger partial charge in [-0.2, -0.15) is 5.10 Å². The van der Waals surface area contributed by atoms with Crippen molar-refractivity contribution in [3.05, 3.63) is 28.2 Å². The molecule has 0 bridgehead atoms. The largest absolute Gasteiger partial charge is 0.298 e. The van der Waals surface area contributed by atoms with Crippen LogP contribution in [-0.2, 0) is 11.3 Å². The van der Waals surface area contributed by atoms with Crippen molar-refractivity contribution < 1.29 is 4.79 Å². The molecule has 0 unspecified atom stereocenters. The number of aryl methyl sites for hydroxylation is 1. The summed E-state index contributed by atoms with van der Waals surface area (Å²) in [6.07, 6.45) is 2.01. The lowest BCUT2D eigenvalue weighted by atomic mass is 10.3. The Morgan fingerprint density at radius 2 is 2.31 bits per heavy atom. The van der Waals surface area contributed by atoms with Crippen molar-refractivity contribution in [1.82, 2.24) is 9.78 Å². The minimum absolute atomic E-state index is 0.0125. The molecule has 0 aromatic carbocycles. The second kappa shape index (κ2) is 3.98. The van der Waals surface area contributed by atoms with Crippen molar-refractivity contribution in [2.75, 3.05) is 0 Å². The molecule has 13 heavy (non-hydrogen) atoms. The number of ketones is 1. The number of hydrogen-bond donors (Lipinski definition) is 0. The summed E-state index contributed by atoms with van der Waals surface area (Å²) in [6, 6.07) is 1.47. The third-order valence-corrected chi connectivity index (χ3v) is 1.73. The van der Waals surface area contributed by atoms with Gasteiger partial charge >= 0.3 is 0 Å². The van der Waals surface area contributed by atoms with E-state index in [1.807, 2.05) is 0 Å². The molecule has 0 amide bonds. The number of carbonyl (C=O) groups is 1. The van der Waals surface area contributed by atoms with Crippen LogP contribution in [0.5, 0.6) is 0 Å². The molecule has 0 fully saturated rings. The first kappa shape index (κ1) is 9.64. The topological polar surface area (TPSA) is 52.0 Å². The second-order valence-corrected chi connectivity index (χ2v) is 2.92. The Hall–Kier alpha value is -1.45. The zero-order valence-electron chi connectivity index (χ0n) is 7.78. The maximum Gasteiger partial charge on any atom is 0.267 e. The van der Waals surface area contributed by atoms with Crippen molar-refractivity contribution in [3.8, 4) is 0 Å². The smallest absolute Gasteiger partial charge is 0.267 e. The number of nitrogens with zero attached hydrogens (tertiary/aromatic N) is 2. The highest BCUT2D eigenvalue weighted by atomic mass is 16.1. The zero-order valence-corrected chi connectivity index (χ0v) is 7.78. The number of aromatic nitrogens is 2. The van der Waals surface area contributed by atoms with Gasteiger partial charge in [0.15, 0.2) is 5.78 Å². The first-order valence-electron chi connectivity index (χ1n) is 4.19. The van der Waals surface area contributed by atoms with Gasteiger partial charge in [0, 0.05) is 12.5 Å². The Labute approximate surface area is 76.2 Å². The lowest BCUT2D eigenvalue weighted by Gasteiger charge is -2.01. The Morgan fingerprint density at radius 1 is 1.62 bits per heavy atom. The van der Waals surface area contributed by atoms with Crippen LogP contribution in [0.25, 0.3) is 0 Å². The summed E-state index contributed by atoms with van der Waals surface area (Å²) in [5, 5.41) is 3.85. The third kappa shape index (κ3) is 2.50. The summed E-state index contributed by atoms with van der Waals surface area (Å²) in [5.41, 5.74) is 0.590. The molecule has 0 radical (unpaired) electrons. The highest BCUT2D eigenvalue weighted by Gasteiger charge is 2.02. The molecular weight excluding hydrogens is 168 g/mol. The second-order valence-electron chi connectivity index (χ2n) is 2.92. The maximum absolute atomic E-state index is 11.2. The summed E-state index contributed by atoms with van der Waals surface area (Å²) in [5.74, 6) is 0.0125. The van der Waals surface area contributed by atoms with E-state index in [4.69, 9.17) is 0 Å². The van der Waals surface area contributed by atoms with Gasteiger partial charge in [0.05, 0.1) is 6.20 Å². The molecule has 0 aliphatic rings. The number of carbonyl (C=O) groups excluding carboxylic acids is 1. The molecule has 0 aliphatic heterocycles. The minimum atomic E-state index is -0.221. The summed E-state index contributed by atoms with van der Waals surface area (Å²) in [6.45, 7) is 3.64. The molecule has 0 atom stereocenters. The van der Waals surface area contributed by atoms with Gasteiger partial charge in [-0.25, -0.2) is 4.68 Å². The van der Waals surface area contributed by atoms with Gasteiger partial charge < -0.3 is 0 Å². The summed E-state index contributed by atoms with van der Waals surface area (Å²) in [4.78, 5) is 22.3. The van der Waals surface area contributed by atoms with Gasteiger partial charge in [-0.1, -0.05) is 6.92 Å². The van der Waals surface area contributed by atoms with Crippen LogP contribution < -0.4 is 5.56 Å². The quantitative estimate of drug-likeness (QED) is 0.681. The van der Waals surface area contributed by atoms with E-state index in [9.17, 15) is 9.59 Å². The summed E-state index contributed by atoms with van der Waals surface area (Å²) >= 11 is 0. The molecule has 0 aliphatic carbocycles. The van der Waals surface area contributed by atoms with E-state index in [1.165, 1.54) is 10.7 Å². The van der Waals surface area contributed by atoms with Crippen LogP contribution >= 0.6 is 0 Å². The van der Waals surface area contributed by atoms with Gasteiger partial charge in [0.25, 0.3) is 5.56 Å². The van der Waals surface area contributed by atoms with E-state index in [1.54, 1.807) is 20.0 Å². The van der Waals surface area contributed by atoms with E-state index in [0.717, 1.165) is 5.56 Å². The highest BCUT2D eigenvalue weighted by Crippen LogP contribution is 1.88. The van der Waals surface area contributed by atoms with E-state index >= 15 is 0 Å². The highest BCUT2D eigenvalue weighted by molar-refractivity contribution is 5.77. The molecule has 0 saturated heterocycles. The summed E-state index contributed by atoms with van der Waals surface area (Å²) in [7, 11) is 0. The van der Waals surface area contributed by atoms with E-state index in [0.29, 0.717) is 6.42 Å². The van der Waals surface area contributed by atoms with Gasteiger partial charge in [-0.05, 0) is 12.5 Å². The lowest BCUT2D eigenvalue weighted by Crippen LogP contribution is -2.25. The Bertz CT molecular complexity index is 368. The Morgan fingerprint density at radius 3 is 2.85 bits per heavy atom. The third-order valence-electron chi connectivity index (χ3n) is 1.73. The molecule has 70 valence electrons. The first-order valence-corrected chi connectivity index (χ1v) is 4.19. The average Bonchev–Trinajstić information content (AvgIpc) is 2.09. The van der Waals surface area contributed by atoms with Crippen molar-refractivity contribution in [1.29, 1.82) is 0 Å². The monoisotopic (exact) mass is 180 g/mol. The molecule has 1 aromatic rings. The van der Waals surface area contributed by atoms with Crippen LogP contribution in [0.15, 0.2) is 17.1 Å². The van der Waals surface area contributed by atoms with Crippen LogP contribution in [0.2, 0.25) is 0 Å². The molecular formula is C9H12N2O2. The molecule has 1 aromatic heterocycles. The van der Waals surface area contributed by atoms with E-state index < -0.39 is 0 Å². The SMILES string of the molecule is CCC(=O)Cn1ncc(C)cc1=O. The van der Waals surface area contributed by atoms with Gasteiger partial charge in [0.1, 0.15) is 6.54 Å². The van der Waals surface area contributed by atoms with Crippen LogP contribution in [-0.4, -0.2) is 15.6 Å². The zero-order chi connectivity index (χ0) is 9.84. The number of Topliss-reactive ketones (excluding diaryl/α,β-unsaturated/α-hetero) is 1. The maximum atomic E-state index is 11.2. The van der Waals surface area contributed by atoms with Crippen molar-refractivity contribution in [2.24, 2.45) is 0 Å². The van der Waals surface area contributed by atoms with Crippen LogP contribution in [0, 0.1) is 6.92 Å². The first-order chi connectivity index (χ1) is 6.13. The van der Waals surface area contributed by atoms with Crippen molar-refractivity contribution >= 4 is 5.78 Å². The Kier molecular flexibility index (Phi) is 2.95. The predicted molar refractivity (Wildman–Crippen MR) is 48.5 cm³/mol. The predicted octanol–water partition coefficient (Wildman–Crippen LogP) is 0.531. The van der Waals surface area contributed by atoms with E-state index in [-0.39, 0.29) is 17.9 Å².